The molecule has 0 saturated carbocycles. The van der Waals surface area contributed by atoms with Gasteiger partial charge in [-0.25, -0.2) is 19.2 Å². The van der Waals surface area contributed by atoms with Crippen molar-refractivity contribution in [1.29, 1.82) is 0 Å². The van der Waals surface area contributed by atoms with Crippen LogP contribution in [0.4, 0.5) is 4.79 Å². The van der Waals surface area contributed by atoms with Crippen molar-refractivity contribution in [2.45, 2.75) is 149 Å². The fraction of sp³-hybridized carbons (Fsp3) is 0.319. The number of cyclic esters (lactones) is 2. The Balaban J connectivity index is 0.000000242. The smallest absolute Gasteiger partial charge is 0.508 e. The zero-order valence-electron chi connectivity index (χ0n) is 67.7. The van der Waals surface area contributed by atoms with Gasteiger partial charge < -0.3 is 82.7 Å². The number of carbonyl (C=O) groups excluding carboxylic acids is 4. The van der Waals surface area contributed by atoms with Crippen LogP contribution in [0.5, 0.6) is 51.7 Å². The van der Waals surface area contributed by atoms with Crippen molar-refractivity contribution in [1.82, 2.24) is 0 Å². The minimum Gasteiger partial charge on any atom is -0.508 e. The number of hydrogen-bond acceptors (Lipinski definition) is 21. The van der Waals surface area contributed by atoms with E-state index in [-0.39, 0.29) is 63.0 Å². The Bertz CT molecular complexity index is 4130. The van der Waals surface area contributed by atoms with E-state index in [2.05, 4.69) is 50.0 Å². The highest BCUT2D eigenvalue weighted by atomic mass is 16.8. The van der Waals surface area contributed by atoms with Gasteiger partial charge in [-0.3, -0.25) is 0 Å². The number of aliphatic hydroxyl groups excluding tert-OH is 3. The maximum absolute atomic E-state index is 11.9. The molecular weight excluding hydrogens is 1470 g/mol. The van der Waals surface area contributed by atoms with Gasteiger partial charge in [0.25, 0.3) is 0 Å². The molecule has 21 heteroatoms. The first-order valence-electron chi connectivity index (χ1n) is 37.8. The van der Waals surface area contributed by atoms with Gasteiger partial charge in [0.1, 0.15) is 122 Å². The molecule has 1 saturated heterocycles. The van der Waals surface area contributed by atoms with Crippen molar-refractivity contribution in [3.8, 4) is 51.7 Å². The molecule has 1 heterocycles. The first-order chi connectivity index (χ1) is 54.6. The van der Waals surface area contributed by atoms with Gasteiger partial charge in [-0.15, -0.1) is 0 Å². The second-order valence-corrected chi connectivity index (χ2v) is 29.1. The molecule has 610 valence electrons. The molecule has 7 atom stereocenters. The largest absolute Gasteiger partial charge is 0.508 e. The van der Waals surface area contributed by atoms with Crippen LogP contribution < -0.4 is 28.4 Å². The maximum atomic E-state index is 11.9. The van der Waals surface area contributed by atoms with Crippen LogP contribution in [0.2, 0.25) is 0 Å². The molecule has 9 aromatic carbocycles. The molecule has 1 aliphatic heterocycles. The SMILES string of the molecule is C=C(C)C(=O)OC(C)COc1ccc(C(C)(c2ccc(OCC(C)OC(=O)C(=C)C)cc2)c2ccc(OCC(C)OC(=O)C(=C)C)cc2)cc1.CC(O)COc1ccc(C(C)(c2ccc(OCC(C)O)cc2)c2ccc(OCC(C)O)cc2)cc1.CC(c1ccc(O)cc1)(c1ccc(O)cc1)c1ccc(O)cc1.CC1COC(=O)O1. The molecular formula is C94H108O21. The van der Waals surface area contributed by atoms with Crippen molar-refractivity contribution < 1.29 is 102 Å². The van der Waals surface area contributed by atoms with E-state index in [0.29, 0.717) is 57.8 Å². The van der Waals surface area contributed by atoms with E-state index in [1.807, 2.05) is 182 Å². The van der Waals surface area contributed by atoms with E-state index in [1.54, 1.807) is 106 Å². The van der Waals surface area contributed by atoms with Gasteiger partial charge in [0.15, 0.2) is 0 Å². The van der Waals surface area contributed by atoms with Gasteiger partial charge >= 0.3 is 24.1 Å². The lowest BCUT2D eigenvalue weighted by Crippen LogP contribution is -2.26. The highest BCUT2D eigenvalue weighted by molar-refractivity contribution is 5.88. The molecule has 10 rings (SSSR count). The minimum atomic E-state index is -0.617. The fourth-order valence-electron chi connectivity index (χ4n) is 11.9. The number of phenolic OH excluding ortho intramolecular Hbond substituents is 3. The van der Waals surface area contributed by atoms with Gasteiger partial charge in [0, 0.05) is 33.0 Å². The van der Waals surface area contributed by atoms with Crippen molar-refractivity contribution in [2.75, 3.05) is 46.2 Å². The molecule has 0 radical (unpaired) electrons. The van der Waals surface area contributed by atoms with Gasteiger partial charge in [0.2, 0.25) is 0 Å². The summed E-state index contributed by atoms with van der Waals surface area (Å²) in [6.45, 7) is 35.8. The number of rotatable bonds is 33. The summed E-state index contributed by atoms with van der Waals surface area (Å²) in [5.41, 5.74) is 8.61. The number of hydrogen-bond donors (Lipinski definition) is 6. The summed E-state index contributed by atoms with van der Waals surface area (Å²) in [6, 6.07) is 68.3. The Hall–Kier alpha value is -12.0. The molecule has 0 amide bonds. The lowest BCUT2D eigenvalue weighted by molar-refractivity contribution is -0.145. The average Bonchev–Trinajstić information content (AvgIpc) is 1.18. The summed E-state index contributed by atoms with van der Waals surface area (Å²) in [7, 11) is 0. The highest BCUT2D eigenvalue weighted by Crippen LogP contribution is 2.44. The molecule has 9 aromatic rings. The number of esters is 3. The highest BCUT2D eigenvalue weighted by Gasteiger charge is 2.35. The summed E-state index contributed by atoms with van der Waals surface area (Å²) < 4.78 is 59.6. The molecule has 0 aromatic heterocycles. The monoisotopic (exact) mass is 1570 g/mol. The normalized spacial score (nSPS) is 14.7. The number of ether oxygens (including phenoxy) is 11. The Morgan fingerprint density at radius 2 is 0.522 bits per heavy atom. The average molecular weight is 1570 g/mol. The molecule has 115 heavy (non-hydrogen) atoms. The number of phenols is 3. The van der Waals surface area contributed by atoms with Crippen LogP contribution in [-0.2, 0) is 54.3 Å². The van der Waals surface area contributed by atoms with Gasteiger partial charge in [-0.2, -0.15) is 0 Å². The predicted molar refractivity (Wildman–Crippen MR) is 441 cm³/mol. The first kappa shape index (κ1) is 90.2. The van der Waals surface area contributed by atoms with Gasteiger partial charge in [-0.1, -0.05) is 129 Å². The number of aromatic hydroxyl groups is 3. The van der Waals surface area contributed by atoms with E-state index in [9.17, 15) is 49.8 Å². The van der Waals surface area contributed by atoms with Gasteiger partial charge in [-0.05, 0) is 249 Å². The Morgan fingerprint density at radius 3 is 0.661 bits per heavy atom. The maximum Gasteiger partial charge on any atom is 0.508 e. The molecule has 0 aliphatic carbocycles. The van der Waals surface area contributed by atoms with Crippen LogP contribution >= 0.6 is 0 Å². The van der Waals surface area contributed by atoms with Crippen molar-refractivity contribution >= 4 is 24.1 Å². The Kier molecular flexibility index (Phi) is 33.5. The summed E-state index contributed by atoms with van der Waals surface area (Å²) in [6.07, 6.45) is -3.56. The minimum absolute atomic E-state index is 0.0486. The Morgan fingerprint density at radius 1 is 0.348 bits per heavy atom. The molecule has 21 nitrogen and oxygen atoms in total. The summed E-state index contributed by atoms with van der Waals surface area (Å²) in [4.78, 5) is 45.6. The lowest BCUT2D eigenvalue weighted by atomic mass is 9.71. The van der Waals surface area contributed by atoms with E-state index in [1.165, 1.54) is 0 Å². The number of aliphatic hydroxyl groups is 3. The Labute approximate surface area is 674 Å². The van der Waals surface area contributed by atoms with Crippen LogP contribution in [0.3, 0.4) is 0 Å². The van der Waals surface area contributed by atoms with E-state index >= 15 is 0 Å². The third kappa shape index (κ3) is 26.8. The second kappa shape index (κ2) is 42.7. The summed E-state index contributed by atoms with van der Waals surface area (Å²) in [5, 5.41) is 57.2. The molecule has 0 spiro atoms. The first-order valence-corrected chi connectivity index (χ1v) is 37.8. The van der Waals surface area contributed by atoms with Crippen LogP contribution in [0.1, 0.15) is 140 Å². The molecule has 0 bridgehead atoms. The molecule has 7 unspecified atom stereocenters. The summed E-state index contributed by atoms with van der Waals surface area (Å²) in [5.74, 6) is 3.25. The van der Waals surface area contributed by atoms with Crippen LogP contribution in [0.15, 0.2) is 255 Å². The fourth-order valence-corrected chi connectivity index (χ4v) is 11.9. The van der Waals surface area contributed by atoms with E-state index in [0.717, 1.165) is 50.1 Å². The van der Waals surface area contributed by atoms with Crippen molar-refractivity contribution in [2.24, 2.45) is 0 Å². The van der Waals surface area contributed by atoms with Crippen LogP contribution in [0.25, 0.3) is 0 Å². The second-order valence-electron chi connectivity index (χ2n) is 29.1. The predicted octanol–water partition coefficient (Wildman–Crippen LogP) is 16.7. The zero-order valence-corrected chi connectivity index (χ0v) is 67.7. The molecule has 1 aliphatic rings. The zero-order chi connectivity index (χ0) is 84.2. The van der Waals surface area contributed by atoms with Crippen molar-refractivity contribution in [3.05, 3.63) is 305 Å². The van der Waals surface area contributed by atoms with Gasteiger partial charge in [0.05, 0.1) is 18.3 Å². The van der Waals surface area contributed by atoms with Crippen LogP contribution in [0, 0.1) is 0 Å². The third-order valence-corrected chi connectivity index (χ3v) is 18.6. The van der Waals surface area contributed by atoms with E-state index in [4.69, 9.17) is 42.6 Å². The third-order valence-electron chi connectivity index (χ3n) is 18.6. The van der Waals surface area contributed by atoms with Crippen LogP contribution in [-0.4, -0.2) is 144 Å². The number of carbonyl (C=O) groups is 4. The number of benzene rings is 9. The topological polar surface area (TPSA) is 291 Å². The summed E-state index contributed by atoms with van der Waals surface area (Å²) >= 11 is 0. The van der Waals surface area contributed by atoms with Crippen molar-refractivity contribution in [3.63, 3.8) is 0 Å². The quantitative estimate of drug-likeness (QED) is 0.00964. The standard InChI is InChI=1S/C41H48O9.C29H36O6.C20H18O3.C4H6O3/c1-26(2)38(42)48-29(7)23-45-35-17-11-32(12-18-35)41(10,33-13-19-36(20-14-33)46-24-30(8)49-39(43)27(3)4)34-15-21-37(22-16-34)47-25-31(9)50-40(44)28(5)6;1-20(30)17-33-26-11-5-23(6-12-26)29(4,24-7-13-27(14-8-24)34-18-21(2)31)25-9-15-28(16-10-25)35-19-22(3)32;1-20(14-2-8-17(21)9-3-14,15-4-10-18(22)11-5-15)16-6-12-19(23)13-7-16;1-3-2-6-4(5)7-3/h11-22,29-31H,1,3,5,23-25H2,2,4,6-10H3;5-16,20-22,30-32H,17-19H2,1-4H3;2-13,21-23H,1H3;3H,2H2,1H3. The molecule has 6 N–H and O–H groups in total. The lowest BCUT2D eigenvalue weighted by Gasteiger charge is -2.32. The molecule has 1 fully saturated rings. The van der Waals surface area contributed by atoms with E-state index < -0.39 is 76.9 Å².